The van der Waals surface area contributed by atoms with Crippen molar-refractivity contribution in [3.8, 4) is 0 Å². The molecule has 192 valence electrons. The molecule has 0 saturated carbocycles. The van der Waals surface area contributed by atoms with Crippen LogP contribution < -0.4 is 9.47 Å². The van der Waals surface area contributed by atoms with Crippen molar-refractivity contribution >= 4 is 40.3 Å². The standard InChI is InChI=1S/C31H36N3O2S/c1-6-32-24-14-10-9-13-23(24)31(4,5)27(32)19-21-29(36)22(30(21)37-18-17-35)20-28-33(7-2)25-15-11-12-16-26(25)34(28)8-3/h9-16,19-20,35H,6-8,17-18H2,1-5H3/q+1. The lowest BCUT2D eigenvalue weighted by Crippen LogP contribution is -2.36. The second-order valence-corrected chi connectivity index (χ2v) is 11.1. The molecule has 0 saturated heterocycles. The smallest absolute Gasteiger partial charge is 0.283 e. The van der Waals surface area contributed by atoms with Crippen LogP contribution in [0.25, 0.3) is 17.1 Å². The number of thioether (sulfide) groups is 1. The molecule has 5 rings (SSSR count). The summed E-state index contributed by atoms with van der Waals surface area (Å²) in [6, 6.07) is 16.9. The van der Waals surface area contributed by atoms with Crippen LogP contribution in [0, 0.1) is 0 Å². The van der Waals surface area contributed by atoms with Crippen LogP contribution in [0.1, 0.15) is 46.0 Å². The number of likely N-dealkylation sites (N-methyl/N-ethyl adjacent to an activating group) is 1. The SMILES string of the molecule is CCN1/C(=C/C2=C(SCCO)C(=C/c3n(CC)c4ccccc4[n+]3CC)/C2=O)C(C)(C)c2ccccc21. The van der Waals surface area contributed by atoms with E-state index in [1.54, 1.807) is 11.8 Å². The normalized spacial score (nSPS) is 18.9. The van der Waals surface area contributed by atoms with E-state index in [2.05, 4.69) is 109 Å². The molecule has 2 aromatic carbocycles. The second kappa shape index (κ2) is 9.99. The molecule has 6 heteroatoms. The van der Waals surface area contributed by atoms with Gasteiger partial charge < -0.3 is 10.0 Å². The predicted octanol–water partition coefficient (Wildman–Crippen LogP) is 5.62. The van der Waals surface area contributed by atoms with Gasteiger partial charge in [0.25, 0.3) is 5.82 Å². The Morgan fingerprint density at radius 2 is 1.73 bits per heavy atom. The van der Waals surface area contributed by atoms with E-state index >= 15 is 0 Å². The van der Waals surface area contributed by atoms with E-state index in [4.69, 9.17) is 0 Å². The first-order valence-electron chi connectivity index (χ1n) is 13.2. The van der Waals surface area contributed by atoms with Crippen LogP contribution in [-0.2, 0) is 23.3 Å². The van der Waals surface area contributed by atoms with E-state index in [-0.39, 0.29) is 17.8 Å². The number of aryl methyl sites for hydroxylation is 2. The average molecular weight is 515 g/mol. The van der Waals surface area contributed by atoms with E-state index in [1.165, 1.54) is 22.3 Å². The van der Waals surface area contributed by atoms with Gasteiger partial charge in [0.1, 0.15) is 0 Å². The molecule has 1 N–H and O–H groups in total. The summed E-state index contributed by atoms with van der Waals surface area (Å²) >= 11 is 1.57. The highest BCUT2D eigenvalue weighted by molar-refractivity contribution is 8.03. The first kappa shape index (κ1) is 25.6. The van der Waals surface area contributed by atoms with E-state index in [0.717, 1.165) is 47.2 Å². The van der Waals surface area contributed by atoms with Gasteiger partial charge in [-0.2, -0.15) is 0 Å². The summed E-state index contributed by atoms with van der Waals surface area (Å²) < 4.78 is 4.55. The van der Waals surface area contributed by atoms with Gasteiger partial charge in [-0.25, -0.2) is 9.13 Å². The van der Waals surface area contributed by atoms with E-state index in [1.807, 2.05) is 0 Å². The molecule has 0 fully saturated rings. The zero-order chi connectivity index (χ0) is 26.3. The molecule has 0 bridgehead atoms. The van der Waals surface area contributed by atoms with Gasteiger partial charge >= 0.3 is 0 Å². The average Bonchev–Trinajstić information content (AvgIpc) is 3.34. The third-order valence-electron chi connectivity index (χ3n) is 7.64. The first-order valence-corrected chi connectivity index (χ1v) is 14.2. The first-order chi connectivity index (χ1) is 17.9. The highest BCUT2D eigenvalue weighted by Crippen LogP contribution is 2.49. The number of aliphatic hydroxyl groups is 1. The van der Waals surface area contributed by atoms with E-state index in [0.29, 0.717) is 5.75 Å². The van der Waals surface area contributed by atoms with Crippen LogP contribution in [0.4, 0.5) is 5.69 Å². The summed E-state index contributed by atoms with van der Waals surface area (Å²) in [5, 5.41) is 9.61. The lowest BCUT2D eigenvalue weighted by atomic mass is 9.81. The molecule has 1 aliphatic carbocycles. The Balaban J connectivity index is 1.66. The maximum absolute atomic E-state index is 13.7. The molecule has 3 aromatic rings. The van der Waals surface area contributed by atoms with Crippen molar-refractivity contribution in [2.45, 2.75) is 53.1 Å². The van der Waals surface area contributed by atoms with Crippen molar-refractivity contribution in [2.75, 3.05) is 23.8 Å². The van der Waals surface area contributed by atoms with Crippen molar-refractivity contribution in [1.29, 1.82) is 0 Å². The van der Waals surface area contributed by atoms with Crippen molar-refractivity contribution in [3.05, 3.63) is 87.7 Å². The number of rotatable bonds is 8. The molecular weight excluding hydrogens is 478 g/mol. The number of nitrogens with zero attached hydrogens (tertiary/aromatic N) is 3. The van der Waals surface area contributed by atoms with Gasteiger partial charge in [-0.1, -0.05) is 44.2 Å². The highest BCUT2D eigenvalue weighted by atomic mass is 32.2. The van der Waals surface area contributed by atoms with Gasteiger partial charge in [-0.15, -0.1) is 11.8 Å². The molecule has 0 atom stereocenters. The van der Waals surface area contributed by atoms with Gasteiger partial charge in [0.2, 0.25) is 0 Å². The van der Waals surface area contributed by atoms with Crippen molar-refractivity contribution in [2.24, 2.45) is 0 Å². The number of ketones is 1. The number of Topliss-reactive ketones (excluding diaryl/α,β-unsaturated/α-hetero) is 1. The molecule has 0 unspecified atom stereocenters. The Bertz CT molecular complexity index is 1430. The van der Waals surface area contributed by atoms with Crippen LogP contribution in [0.2, 0.25) is 0 Å². The fourth-order valence-electron chi connectivity index (χ4n) is 5.84. The number of aliphatic hydroxyl groups excluding tert-OH is 1. The number of hydrogen-bond donors (Lipinski definition) is 1. The summed E-state index contributed by atoms with van der Waals surface area (Å²) in [5.74, 6) is 1.66. The quantitative estimate of drug-likeness (QED) is 0.313. The Kier molecular flexibility index (Phi) is 6.90. The minimum absolute atomic E-state index is 0.0711. The number of fused-ring (bicyclic) bond motifs is 2. The molecular formula is C31H36N3O2S+. The fraction of sp³-hybridized carbons (Fsp3) is 0.355. The number of carbonyl (C=O) groups excluding carboxylic acids is 1. The number of para-hydroxylation sites is 3. The summed E-state index contributed by atoms with van der Waals surface area (Å²) in [7, 11) is 0. The molecule has 37 heavy (non-hydrogen) atoms. The molecule has 0 amide bonds. The van der Waals surface area contributed by atoms with Gasteiger partial charge in [0.05, 0.1) is 19.7 Å². The molecule has 1 aromatic heterocycles. The van der Waals surface area contributed by atoms with E-state index in [9.17, 15) is 9.90 Å². The third-order valence-corrected chi connectivity index (χ3v) is 8.75. The minimum atomic E-state index is -0.202. The second-order valence-electron chi connectivity index (χ2n) is 9.95. The monoisotopic (exact) mass is 514 g/mol. The Hall–Kier alpha value is -3.09. The number of anilines is 1. The Morgan fingerprint density at radius 1 is 1.00 bits per heavy atom. The van der Waals surface area contributed by atoms with Crippen LogP contribution in [0.5, 0.6) is 0 Å². The number of allylic oxidation sites excluding steroid dienone is 4. The predicted molar refractivity (Wildman–Crippen MR) is 154 cm³/mol. The van der Waals surface area contributed by atoms with Gasteiger partial charge in [0, 0.05) is 51.2 Å². The van der Waals surface area contributed by atoms with Crippen LogP contribution >= 0.6 is 11.8 Å². The number of carbonyl (C=O) groups is 1. The number of benzene rings is 2. The molecule has 0 spiro atoms. The lowest BCUT2D eigenvalue weighted by Gasteiger charge is -2.29. The van der Waals surface area contributed by atoms with Crippen LogP contribution in [-0.4, -0.2) is 34.4 Å². The summed E-state index contributed by atoms with van der Waals surface area (Å²) in [4.78, 5) is 17.0. The minimum Gasteiger partial charge on any atom is -0.396 e. The van der Waals surface area contributed by atoms with Crippen molar-refractivity contribution in [3.63, 3.8) is 0 Å². The topological polar surface area (TPSA) is 49.4 Å². The molecule has 1 aliphatic heterocycles. The number of imidazole rings is 1. The Labute approximate surface area is 223 Å². The maximum Gasteiger partial charge on any atom is 0.283 e. The molecule has 0 radical (unpaired) electrons. The van der Waals surface area contributed by atoms with Gasteiger partial charge in [0.15, 0.2) is 16.8 Å². The third kappa shape index (κ3) is 3.98. The summed E-state index contributed by atoms with van der Waals surface area (Å²) in [6.45, 7) is 13.5. The molecule has 2 aliphatic rings. The zero-order valence-corrected chi connectivity index (χ0v) is 23.2. The lowest BCUT2D eigenvalue weighted by molar-refractivity contribution is -0.670. The van der Waals surface area contributed by atoms with E-state index < -0.39 is 0 Å². The van der Waals surface area contributed by atoms with Gasteiger partial charge in [-0.3, -0.25) is 4.79 Å². The van der Waals surface area contributed by atoms with Crippen LogP contribution in [0.15, 0.2) is 76.4 Å². The largest absolute Gasteiger partial charge is 0.396 e. The van der Waals surface area contributed by atoms with Crippen molar-refractivity contribution in [1.82, 2.24) is 4.57 Å². The maximum atomic E-state index is 13.7. The molecule has 5 nitrogen and oxygen atoms in total. The fourth-order valence-corrected chi connectivity index (χ4v) is 6.75. The van der Waals surface area contributed by atoms with Gasteiger partial charge in [-0.05, 0) is 50.6 Å². The Morgan fingerprint density at radius 3 is 2.43 bits per heavy atom. The molecule has 2 heterocycles. The van der Waals surface area contributed by atoms with Crippen molar-refractivity contribution < 1.29 is 14.5 Å². The summed E-state index contributed by atoms with van der Waals surface area (Å²) in [5.41, 5.74) is 7.27. The zero-order valence-electron chi connectivity index (χ0n) is 22.4. The summed E-state index contributed by atoms with van der Waals surface area (Å²) in [6.07, 6.45) is 4.16. The number of hydrogen-bond acceptors (Lipinski definition) is 4. The van der Waals surface area contributed by atoms with Crippen LogP contribution in [0.3, 0.4) is 0 Å². The highest BCUT2D eigenvalue weighted by Gasteiger charge is 2.42. The number of aromatic nitrogens is 2.